The molecule has 2 aromatic rings. The number of hydrogen-bond donors (Lipinski definition) is 0. The van der Waals surface area contributed by atoms with Gasteiger partial charge in [-0.05, 0) is 60.2 Å². The molecule has 0 aliphatic heterocycles. The van der Waals surface area contributed by atoms with Gasteiger partial charge in [0, 0.05) is 5.92 Å². The van der Waals surface area contributed by atoms with E-state index in [1.807, 2.05) is 24.3 Å². The molecule has 2 rings (SSSR count). The highest BCUT2D eigenvalue weighted by molar-refractivity contribution is 5.90. The summed E-state index contributed by atoms with van der Waals surface area (Å²) in [6, 6.07) is 14.6. The fraction of sp³-hybridized carbons (Fsp3) is 0.485. The molecule has 0 N–H and O–H groups in total. The van der Waals surface area contributed by atoms with Crippen LogP contribution in [0.5, 0.6) is 0 Å². The predicted molar refractivity (Wildman–Crippen MR) is 157 cm³/mol. The Labute approximate surface area is 234 Å². The van der Waals surface area contributed by atoms with Crippen LogP contribution in [0.1, 0.15) is 116 Å². The summed E-state index contributed by atoms with van der Waals surface area (Å²) >= 11 is 0. The van der Waals surface area contributed by atoms with Gasteiger partial charge >= 0.3 is 11.9 Å². The summed E-state index contributed by atoms with van der Waals surface area (Å²) in [4.78, 5) is 33.9. The van der Waals surface area contributed by atoms with Crippen LogP contribution in [-0.2, 0) is 19.0 Å². The molecular weight excluding hydrogens is 492 g/mol. The van der Waals surface area contributed by atoms with Crippen molar-refractivity contribution in [1.29, 1.82) is 0 Å². The lowest BCUT2D eigenvalue weighted by Crippen LogP contribution is -2.04. The van der Waals surface area contributed by atoms with E-state index in [2.05, 4.69) is 18.6 Å². The van der Waals surface area contributed by atoms with Crippen LogP contribution in [0.4, 0.5) is 0 Å². The second kappa shape index (κ2) is 20.5. The number of hydrogen-bond acceptors (Lipinski definition) is 6. The van der Waals surface area contributed by atoms with Crippen molar-refractivity contribution in [3.05, 3.63) is 77.0 Å². The molecule has 214 valence electrons. The summed E-state index contributed by atoms with van der Waals surface area (Å²) in [6.45, 7) is 4.38. The van der Waals surface area contributed by atoms with Gasteiger partial charge in [-0.1, -0.05) is 83.1 Å². The van der Waals surface area contributed by atoms with Gasteiger partial charge in [-0.2, -0.15) is 0 Å². The first-order valence-corrected chi connectivity index (χ1v) is 14.0. The number of ether oxygens (including phenoxy) is 3. The first-order chi connectivity index (χ1) is 18.9. The van der Waals surface area contributed by atoms with Crippen LogP contribution in [-0.4, -0.2) is 39.6 Å². The SMILES string of the molecule is CCCCCCC(=COC)c1ccc(C(=O)OC)cc1.CCCCCCC(C=O)c1ccc(C(=O)OC)cc1. The molecule has 0 fully saturated rings. The second-order valence-corrected chi connectivity index (χ2v) is 9.46. The van der Waals surface area contributed by atoms with Crippen LogP contribution in [0.15, 0.2) is 54.8 Å². The summed E-state index contributed by atoms with van der Waals surface area (Å²) in [7, 11) is 4.41. The number of methoxy groups -OCH3 is 3. The van der Waals surface area contributed by atoms with Crippen LogP contribution in [0.3, 0.4) is 0 Å². The van der Waals surface area contributed by atoms with Crippen molar-refractivity contribution in [3.63, 3.8) is 0 Å². The lowest BCUT2D eigenvalue weighted by molar-refractivity contribution is -0.109. The minimum atomic E-state index is -0.350. The number of rotatable bonds is 16. The highest BCUT2D eigenvalue weighted by atomic mass is 16.5. The minimum Gasteiger partial charge on any atom is -0.504 e. The molecule has 0 aliphatic carbocycles. The fourth-order valence-corrected chi connectivity index (χ4v) is 4.18. The van der Waals surface area contributed by atoms with E-state index in [0.29, 0.717) is 11.1 Å². The van der Waals surface area contributed by atoms with Crippen molar-refractivity contribution in [2.24, 2.45) is 0 Å². The van der Waals surface area contributed by atoms with Gasteiger partial charge in [0.15, 0.2) is 0 Å². The van der Waals surface area contributed by atoms with E-state index in [1.165, 1.54) is 58.3 Å². The first kappa shape index (κ1) is 33.6. The zero-order valence-electron chi connectivity index (χ0n) is 24.4. The number of esters is 2. The van der Waals surface area contributed by atoms with Gasteiger partial charge in [-0.15, -0.1) is 0 Å². The molecule has 0 radical (unpaired) electrons. The number of benzene rings is 2. The van der Waals surface area contributed by atoms with E-state index in [1.54, 1.807) is 37.6 Å². The molecule has 39 heavy (non-hydrogen) atoms. The molecule has 6 heteroatoms. The Morgan fingerprint density at radius 2 is 1.18 bits per heavy atom. The number of carbonyl (C=O) groups excluding carboxylic acids is 3. The third-order valence-corrected chi connectivity index (χ3v) is 6.53. The molecule has 0 amide bonds. The highest BCUT2D eigenvalue weighted by Crippen LogP contribution is 2.23. The average Bonchev–Trinajstić information content (AvgIpc) is 2.98. The molecule has 2 aromatic carbocycles. The third kappa shape index (κ3) is 12.8. The number of carbonyl (C=O) groups is 3. The molecule has 0 aromatic heterocycles. The van der Waals surface area contributed by atoms with Crippen molar-refractivity contribution in [1.82, 2.24) is 0 Å². The van der Waals surface area contributed by atoms with Crippen LogP contribution in [0.2, 0.25) is 0 Å². The van der Waals surface area contributed by atoms with E-state index in [9.17, 15) is 14.4 Å². The van der Waals surface area contributed by atoms with E-state index < -0.39 is 0 Å². The molecule has 0 spiro atoms. The van der Waals surface area contributed by atoms with Gasteiger partial charge in [-0.3, -0.25) is 0 Å². The summed E-state index contributed by atoms with van der Waals surface area (Å²) in [5, 5.41) is 0. The molecular formula is C33H46O6. The quantitative estimate of drug-likeness (QED) is 0.0928. The topological polar surface area (TPSA) is 78.9 Å². The zero-order chi connectivity index (χ0) is 28.9. The van der Waals surface area contributed by atoms with Crippen molar-refractivity contribution in [3.8, 4) is 0 Å². The van der Waals surface area contributed by atoms with Crippen LogP contribution in [0.25, 0.3) is 5.57 Å². The number of unbranched alkanes of at least 4 members (excludes halogenated alkanes) is 6. The maximum absolute atomic E-state index is 11.4. The fourth-order valence-electron chi connectivity index (χ4n) is 4.18. The van der Waals surface area contributed by atoms with Gasteiger partial charge in [0.25, 0.3) is 0 Å². The van der Waals surface area contributed by atoms with Gasteiger partial charge < -0.3 is 19.0 Å². The Morgan fingerprint density at radius 1 is 0.692 bits per heavy atom. The molecule has 0 bridgehead atoms. The number of aldehydes is 1. The van der Waals surface area contributed by atoms with Crippen LogP contribution < -0.4 is 0 Å². The molecule has 0 aliphatic rings. The standard InChI is InChI=1S/C17H24O3.C16H22O3/c1-4-5-6-7-8-16(13-19-2)14-9-11-15(12-10-14)17(18)20-3;1-3-4-5-6-7-15(12-17)13-8-10-14(11-9-13)16(18)19-2/h9-13H,4-8H2,1-3H3;8-12,15H,3-7H2,1-2H3. The Kier molecular flexibility index (Phi) is 17.7. The Balaban J connectivity index is 0.000000391. The van der Waals surface area contributed by atoms with Crippen molar-refractivity contribution in [2.45, 2.75) is 84.0 Å². The second-order valence-electron chi connectivity index (χ2n) is 9.46. The van der Waals surface area contributed by atoms with Gasteiger partial charge in [0.2, 0.25) is 0 Å². The van der Waals surface area contributed by atoms with E-state index in [4.69, 9.17) is 9.47 Å². The van der Waals surface area contributed by atoms with Gasteiger partial charge in [0.05, 0.1) is 38.7 Å². The largest absolute Gasteiger partial charge is 0.504 e. The summed E-state index contributed by atoms with van der Waals surface area (Å²) in [5.41, 5.74) is 4.32. The van der Waals surface area contributed by atoms with E-state index >= 15 is 0 Å². The normalized spacial score (nSPS) is 11.6. The Bertz CT molecular complexity index is 992. The third-order valence-electron chi connectivity index (χ3n) is 6.53. The molecule has 0 saturated heterocycles. The molecule has 1 unspecified atom stereocenters. The van der Waals surface area contributed by atoms with Crippen molar-refractivity contribution < 1.29 is 28.6 Å². The van der Waals surface area contributed by atoms with Gasteiger partial charge in [0.1, 0.15) is 6.29 Å². The van der Waals surface area contributed by atoms with Gasteiger partial charge in [-0.25, -0.2) is 9.59 Å². The summed E-state index contributed by atoms with van der Waals surface area (Å²) in [5.74, 6) is -0.725. The smallest absolute Gasteiger partial charge is 0.337 e. The maximum Gasteiger partial charge on any atom is 0.337 e. The number of allylic oxidation sites excluding steroid dienone is 1. The van der Waals surface area contributed by atoms with E-state index in [-0.39, 0.29) is 17.9 Å². The minimum absolute atomic E-state index is 0.0662. The Morgan fingerprint density at radius 3 is 1.64 bits per heavy atom. The molecule has 6 nitrogen and oxygen atoms in total. The lowest BCUT2D eigenvalue weighted by Gasteiger charge is -2.11. The summed E-state index contributed by atoms with van der Waals surface area (Å²) in [6.07, 6.45) is 14.2. The monoisotopic (exact) mass is 538 g/mol. The van der Waals surface area contributed by atoms with Crippen LogP contribution >= 0.6 is 0 Å². The highest BCUT2D eigenvalue weighted by Gasteiger charge is 2.12. The summed E-state index contributed by atoms with van der Waals surface area (Å²) < 4.78 is 14.5. The molecule has 0 heterocycles. The van der Waals surface area contributed by atoms with Crippen molar-refractivity contribution >= 4 is 23.8 Å². The maximum atomic E-state index is 11.4. The van der Waals surface area contributed by atoms with E-state index in [0.717, 1.165) is 43.1 Å². The van der Waals surface area contributed by atoms with Crippen molar-refractivity contribution in [2.75, 3.05) is 21.3 Å². The lowest BCUT2D eigenvalue weighted by atomic mass is 9.93. The molecule has 0 saturated carbocycles. The predicted octanol–water partition coefficient (Wildman–Crippen LogP) is 8.16. The first-order valence-electron chi connectivity index (χ1n) is 14.0. The average molecular weight is 539 g/mol. The van der Waals surface area contributed by atoms with Crippen LogP contribution in [0, 0.1) is 0 Å². The molecule has 1 atom stereocenters. The Hall–Kier alpha value is -3.41. The zero-order valence-corrected chi connectivity index (χ0v) is 24.4.